The lowest BCUT2D eigenvalue weighted by molar-refractivity contribution is -0.0368. The molecular weight excluding hydrogens is 429 g/mol. The number of hydrogen-bond donors (Lipinski definition) is 1. The van der Waals surface area contributed by atoms with E-state index >= 15 is 0 Å². The van der Waals surface area contributed by atoms with Gasteiger partial charge in [-0.3, -0.25) is 4.99 Å². The third-order valence-electron chi connectivity index (χ3n) is 4.86. The standard InChI is InChI=1S/C21H23Cl2N3O4/c1-12(22)19(16(23)11-24-3)13(2)30-14-7-8-17-15(10-14)20(21(27)28)25-26(17)18-6-4-5-9-29-18/h7-8,10-11,13,18H,3-6,9H2,1-2H3,(H,27,28)/b16-11+,19-12+. The van der Waals surface area contributed by atoms with E-state index in [9.17, 15) is 9.90 Å². The Morgan fingerprint density at radius 3 is 2.83 bits per heavy atom. The number of hydrogen-bond acceptors (Lipinski definition) is 5. The van der Waals surface area contributed by atoms with Crippen LogP contribution in [0.15, 0.2) is 45.0 Å². The molecule has 1 aromatic heterocycles. The lowest BCUT2D eigenvalue weighted by Crippen LogP contribution is -2.19. The molecule has 0 saturated carbocycles. The molecule has 9 heteroatoms. The molecule has 2 aromatic rings. The summed E-state index contributed by atoms with van der Waals surface area (Å²) in [4.78, 5) is 15.4. The lowest BCUT2D eigenvalue weighted by Gasteiger charge is -2.23. The number of halogens is 2. The van der Waals surface area contributed by atoms with Gasteiger partial charge >= 0.3 is 5.97 Å². The van der Waals surface area contributed by atoms with Crippen molar-refractivity contribution < 1.29 is 19.4 Å². The van der Waals surface area contributed by atoms with E-state index in [4.69, 9.17) is 32.7 Å². The lowest BCUT2D eigenvalue weighted by atomic mass is 10.1. The minimum Gasteiger partial charge on any atom is -0.486 e. The number of fused-ring (bicyclic) bond motifs is 1. The fraction of sp³-hybridized carbons (Fsp3) is 0.381. The molecule has 1 saturated heterocycles. The summed E-state index contributed by atoms with van der Waals surface area (Å²) in [5, 5.41) is 15.2. The summed E-state index contributed by atoms with van der Waals surface area (Å²) in [5.41, 5.74) is 1.20. The fourth-order valence-corrected chi connectivity index (χ4v) is 4.21. The van der Waals surface area contributed by atoms with Crippen molar-refractivity contribution in [1.82, 2.24) is 9.78 Å². The van der Waals surface area contributed by atoms with Crippen LogP contribution in [-0.4, -0.2) is 40.3 Å². The van der Waals surface area contributed by atoms with Crippen LogP contribution < -0.4 is 4.74 Å². The number of nitrogens with zero attached hydrogens (tertiary/aromatic N) is 3. The van der Waals surface area contributed by atoms with Crippen LogP contribution in [0.5, 0.6) is 5.75 Å². The van der Waals surface area contributed by atoms with Crippen LogP contribution in [0.3, 0.4) is 0 Å². The van der Waals surface area contributed by atoms with Crippen molar-refractivity contribution in [2.75, 3.05) is 6.61 Å². The van der Waals surface area contributed by atoms with Crippen molar-refractivity contribution >= 4 is 46.8 Å². The number of aliphatic imine (C=N–C) groups is 1. The predicted molar refractivity (Wildman–Crippen MR) is 118 cm³/mol. The molecule has 30 heavy (non-hydrogen) atoms. The first kappa shape index (κ1) is 22.3. The summed E-state index contributed by atoms with van der Waals surface area (Å²) in [7, 11) is 0. The average molecular weight is 452 g/mol. The van der Waals surface area contributed by atoms with E-state index in [1.807, 2.05) is 0 Å². The van der Waals surface area contributed by atoms with Crippen molar-refractivity contribution in [3.8, 4) is 5.75 Å². The zero-order valence-corrected chi connectivity index (χ0v) is 18.3. The van der Waals surface area contributed by atoms with Crippen LogP contribution in [0.25, 0.3) is 10.9 Å². The highest BCUT2D eigenvalue weighted by Crippen LogP contribution is 2.32. The Kier molecular flexibility index (Phi) is 7.18. The Labute approximate surface area is 184 Å². The number of aromatic carboxylic acids is 1. The minimum absolute atomic E-state index is 0.0460. The second-order valence-corrected chi connectivity index (χ2v) is 7.94. The summed E-state index contributed by atoms with van der Waals surface area (Å²) in [6.07, 6.45) is 3.40. The van der Waals surface area contributed by atoms with Gasteiger partial charge in [-0.25, -0.2) is 9.48 Å². The van der Waals surface area contributed by atoms with Crippen LogP contribution in [0.2, 0.25) is 0 Å². The highest BCUT2D eigenvalue weighted by molar-refractivity contribution is 6.35. The van der Waals surface area contributed by atoms with Gasteiger partial charge in [0.2, 0.25) is 0 Å². The molecule has 1 aliphatic heterocycles. The van der Waals surface area contributed by atoms with Gasteiger partial charge in [-0.15, -0.1) is 0 Å². The number of carbonyl (C=O) groups is 1. The third-order valence-corrected chi connectivity index (χ3v) is 5.37. The number of carboxylic acid groups (broad SMARTS) is 1. The smallest absolute Gasteiger partial charge is 0.357 e. The van der Waals surface area contributed by atoms with Crippen molar-refractivity contribution in [2.45, 2.75) is 45.4 Å². The molecule has 0 bridgehead atoms. The SMILES string of the molecule is C=N/C=C(Cl)\C(=C(/C)Cl)C(C)Oc1ccc2c(c1)c(C(=O)O)nn2C1CCCCO1. The molecule has 1 aliphatic rings. The maximum absolute atomic E-state index is 11.8. The predicted octanol–water partition coefficient (Wildman–Crippen LogP) is 5.49. The number of allylic oxidation sites excluding steroid dienone is 1. The topological polar surface area (TPSA) is 85.9 Å². The van der Waals surface area contributed by atoms with Crippen molar-refractivity contribution in [3.63, 3.8) is 0 Å². The molecule has 1 N–H and O–H groups in total. The molecule has 0 spiro atoms. The monoisotopic (exact) mass is 451 g/mol. The van der Waals surface area contributed by atoms with E-state index < -0.39 is 12.1 Å². The average Bonchev–Trinajstić information content (AvgIpc) is 3.08. The van der Waals surface area contributed by atoms with E-state index in [2.05, 4.69) is 16.8 Å². The normalized spacial score (nSPS) is 19.3. The zero-order chi connectivity index (χ0) is 21.8. The van der Waals surface area contributed by atoms with Gasteiger partial charge in [0, 0.05) is 28.8 Å². The summed E-state index contributed by atoms with van der Waals surface area (Å²) in [6, 6.07) is 5.21. The molecule has 1 fully saturated rings. The summed E-state index contributed by atoms with van der Waals surface area (Å²) >= 11 is 12.4. The first-order chi connectivity index (χ1) is 14.3. The van der Waals surface area contributed by atoms with Gasteiger partial charge in [-0.1, -0.05) is 23.2 Å². The molecule has 2 unspecified atom stereocenters. The highest BCUT2D eigenvalue weighted by atomic mass is 35.5. The number of carboxylic acids is 1. The maximum Gasteiger partial charge on any atom is 0.357 e. The summed E-state index contributed by atoms with van der Waals surface area (Å²) < 4.78 is 13.4. The zero-order valence-electron chi connectivity index (χ0n) is 16.8. The number of rotatable bonds is 7. The Hall–Kier alpha value is -2.35. The van der Waals surface area contributed by atoms with Gasteiger partial charge in [-0.05, 0) is 58.0 Å². The van der Waals surface area contributed by atoms with Crippen LogP contribution in [0, 0.1) is 0 Å². The van der Waals surface area contributed by atoms with Gasteiger partial charge in [-0.2, -0.15) is 5.10 Å². The highest BCUT2D eigenvalue weighted by Gasteiger charge is 2.24. The van der Waals surface area contributed by atoms with Crippen LogP contribution in [0.4, 0.5) is 0 Å². The Bertz CT molecular complexity index is 1020. The second kappa shape index (κ2) is 9.64. The van der Waals surface area contributed by atoms with Gasteiger partial charge < -0.3 is 14.6 Å². The molecule has 3 rings (SSSR count). The molecule has 2 atom stereocenters. The van der Waals surface area contributed by atoms with Gasteiger partial charge in [0.1, 0.15) is 11.9 Å². The van der Waals surface area contributed by atoms with Crippen molar-refractivity contribution in [2.24, 2.45) is 4.99 Å². The van der Waals surface area contributed by atoms with Crippen molar-refractivity contribution in [3.05, 3.63) is 45.7 Å². The van der Waals surface area contributed by atoms with Crippen LogP contribution >= 0.6 is 23.2 Å². The van der Waals surface area contributed by atoms with E-state index in [0.29, 0.717) is 38.9 Å². The molecule has 7 nitrogen and oxygen atoms in total. The van der Waals surface area contributed by atoms with Gasteiger partial charge in [0.15, 0.2) is 11.9 Å². The maximum atomic E-state index is 11.8. The quantitative estimate of drug-likeness (QED) is 0.443. The van der Waals surface area contributed by atoms with Crippen LogP contribution in [0.1, 0.15) is 49.8 Å². The van der Waals surface area contributed by atoms with E-state index in [-0.39, 0.29) is 11.9 Å². The summed E-state index contributed by atoms with van der Waals surface area (Å²) in [5.74, 6) is -0.645. The van der Waals surface area contributed by atoms with E-state index in [1.54, 1.807) is 36.7 Å². The molecule has 0 amide bonds. The molecule has 1 aromatic carbocycles. The Morgan fingerprint density at radius 2 is 2.23 bits per heavy atom. The van der Waals surface area contributed by atoms with Crippen molar-refractivity contribution in [1.29, 1.82) is 0 Å². The summed E-state index contributed by atoms with van der Waals surface area (Å²) in [6.45, 7) is 7.53. The first-order valence-electron chi connectivity index (χ1n) is 9.55. The molecule has 160 valence electrons. The largest absolute Gasteiger partial charge is 0.486 e. The van der Waals surface area contributed by atoms with E-state index in [1.165, 1.54) is 6.20 Å². The Balaban J connectivity index is 1.97. The fourth-order valence-electron chi connectivity index (χ4n) is 3.54. The number of ether oxygens (including phenoxy) is 2. The molecule has 0 aliphatic carbocycles. The number of aromatic nitrogens is 2. The van der Waals surface area contributed by atoms with Gasteiger partial charge in [0.25, 0.3) is 0 Å². The minimum atomic E-state index is -1.11. The Morgan fingerprint density at radius 1 is 1.47 bits per heavy atom. The third kappa shape index (κ3) is 4.69. The molecular formula is C21H23Cl2N3O4. The van der Waals surface area contributed by atoms with Crippen LogP contribution in [-0.2, 0) is 4.74 Å². The van der Waals surface area contributed by atoms with Gasteiger partial charge in [0.05, 0.1) is 10.5 Å². The first-order valence-corrected chi connectivity index (χ1v) is 10.3. The second-order valence-electron chi connectivity index (χ2n) is 6.97. The number of benzene rings is 1. The molecule has 2 heterocycles. The van der Waals surface area contributed by atoms with E-state index in [0.717, 1.165) is 19.3 Å². The molecule has 0 radical (unpaired) electrons.